The van der Waals surface area contributed by atoms with Crippen LogP contribution in [0.2, 0.25) is 0 Å². The van der Waals surface area contributed by atoms with E-state index < -0.39 is 12.2 Å². The molecule has 0 saturated heterocycles. The number of nitrogens with two attached hydrogens (primary N) is 2. The molecule has 0 saturated carbocycles. The molecular formula is C19H26N2O3. The van der Waals surface area contributed by atoms with Gasteiger partial charge in [0.15, 0.2) is 5.75 Å². The fourth-order valence-corrected chi connectivity index (χ4v) is 1.77. The third kappa shape index (κ3) is 4.83. The Bertz CT molecular complexity index is 703. The van der Waals surface area contributed by atoms with Crippen molar-refractivity contribution in [1.82, 2.24) is 0 Å². The van der Waals surface area contributed by atoms with Gasteiger partial charge in [-0.1, -0.05) is 51.4 Å². The first-order chi connectivity index (χ1) is 11.2. The fourth-order valence-electron chi connectivity index (χ4n) is 1.77. The summed E-state index contributed by atoms with van der Waals surface area (Å²) in [5, 5.41) is 19.6. The SMILES string of the molecule is COc1c(N)c(C#C[C@H](O)C(C)C)cc(N)c1C#C[C@H](O)C(C)C. The third-order valence-electron chi connectivity index (χ3n) is 3.52. The summed E-state index contributed by atoms with van der Waals surface area (Å²) in [4.78, 5) is 0. The van der Waals surface area contributed by atoms with Crippen molar-refractivity contribution >= 4 is 11.4 Å². The Morgan fingerprint density at radius 3 is 1.92 bits per heavy atom. The third-order valence-corrected chi connectivity index (χ3v) is 3.52. The fraction of sp³-hybridized carbons (Fsp3) is 0.474. The van der Waals surface area contributed by atoms with Gasteiger partial charge in [-0.25, -0.2) is 0 Å². The number of nitrogen functional groups attached to an aromatic ring is 2. The average molecular weight is 330 g/mol. The second kappa shape index (κ2) is 8.49. The van der Waals surface area contributed by atoms with Crippen LogP contribution in [0, 0.1) is 35.5 Å². The molecule has 0 spiro atoms. The van der Waals surface area contributed by atoms with E-state index in [1.165, 1.54) is 7.11 Å². The molecule has 130 valence electrons. The Morgan fingerprint density at radius 2 is 1.46 bits per heavy atom. The van der Waals surface area contributed by atoms with Gasteiger partial charge in [-0.3, -0.25) is 0 Å². The minimum absolute atomic E-state index is 0.00438. The van der Waals surface area contributed by atoms with Crippen molar-refractivity contribution < 1.29 is 14.9 Å². The van der Waals surface area contributed by atoms with E-state index in [0.29, 0.717) is 28.3 Å². The van der Waals surface area contributed by atoms with Gasteiger partial charge in [0, 0.05) is 0 Å². The summed E-state index contributed by atoms with van der Waals surface area (Å²) in [5.74, 6) is 11.5. The van der Waals surface area contributed by atoms with Crippen LogP contribution in [0.4, 0.5) is 11.4 Å². The minimum atomic E-state index is -0.768. The molecule has 0 fully saturated rings. The molecule has 0 aliphatic carbocycles. The van der Waals surface area contributed by atoms with Gasteiger partial charge in [-0.05, 0) is 17.9 Å². The van der Waals surface area contributed by atoms with Crippen LogP contribution in [0.15, 0.2) is 6.07 Å². The Hall–Kier alpha value is -2.34. The lowest BCUT2D eigenvalue weighted by atomic mass is 10.0. The number of hydrogen-bond donors (Lipinski definition) is 4. The molecule has 1 rings (SSSR count). The summed E-state index contributed by atoms with van der Waals surface area (Å²) >= 11 is 0. The van der Waals surface area contributed by atoms with Crippen molar-refractivity contribution in [2.24, 2.45) is 11.8 Å². The molecule has 0 aliphatic rings. The number of benzene rings is 1. The lowest BCUT2D eigenvalue weighted by Crippen LogP contribution is -2.12. The first kappa shape index (κ1) is 19.7. The number of hydrogen-bond acceptors (Lipinski definition) is 5. The highest BCUT2D eigenvalue weighted by atomic mass is 16.5. The van der Waals surface area contributed by atoms with Gasteiger partial charge in [0.25, 0.3) is 0 Å². The molecule has 0 aromatic heterocycles. The van der Waals surface area contributed by atoms with E-state index in [2.05, 4.69) is 23.7 Å². The van der Waals surface area contributed by atoms with Gasteiger partial charge < -0.3 is 26.4 Å². The molecule has 5 heteroatoms. The first-order valence-electron chi connectivity index (χ1n) is 7.84. The van der Waals surface area contributed by atoms with Crippen LogP contribution in [-0.4, -0.2) is 29.5 Å². The van der Waals surface area contributed by atoms with Gasteiger partial charge in [0.2, 0.25) is 0 Å². The van der Waals surface area contributed by atoms with Crippen LogP contribution < -0.4 is 16.2 Å². The maximum Gasteiger partial charge on any atom is 0.160 e. The molecule has 0 bridgehead atoms. The molecule has 0 radical (unpaired) electrons. The largest absolute Gasteiger partial charge is 0.493 e. The number of ether oxygens (including phenoxy) is 1. The Balaban J connectivity index is 3.35. The van der Waals surface area contributed by atoms with Gasteiger partial charge >= 0.3 is 0 Å². The van der Waals surface area contributed by atoms with Gasteiger partial charge in [-0.15, -0.1) is 0 Å². The lowest BCUT2D eigenvalue weighted by Gasteiger charge is -2.12. The summed E-state index contributed by atoms with van der Waals surface area (Å²) in [6, 6.07) is 1.60. The van der Waals surface area contributed by atoms with E-state index in [4.69, 9.17) is 16.2 Å². The van der Waals surface area contributed by atoms with Gasteiger partial charge in [-0.2, -0.15) is 0 Å². The Morgan fingerprint density at radius 1 is 0.958 bits per heavy atom. The number of aliphatic hydroxyl groups excluding tert-OH is 2. The maximum absolute atomic E-state index is 9.83. The van der Waals surface area contributed by atoms with Crippen molar-refractivity contribution in [1.29, 1.82) is 0 Å². The Kier molecular flexibility index (Phi) is 6.97. The minimum Gasteiger partial charge on any atom is -0.493 e. The maximum atomic E-state index is 9.83. The predicted octanol–water partition coefficient (Wildman–Crippen LogP) is 1.60. The molecule has 1 aromatic rings. The van der Waals surface area contributed by atoms with Crippen LogP contribution in [0.1, 0.15) is 38.8 Å². The van der Waals surface area contributed by atoms with Crippen LogP contribution in [-0.2, 0) is 0 Å². The van der Waals surface area contributed by atoms with E-state index in [9.17, 15) is 10.2 Å². The van der Waals surface area contributed by atoms with Crippen molar-refractivity contribution in [3.05, 3.63) is 17.2 Å². The second-order valence-electron chi connectivity index (χ2n) is 6.25. The zero-order valence-corrected chi connectivity index (χ0v) is 14.8. The van der Waals surface area contributed by atoms with E-state index in [1.807, 2.05) is 27.7 Å². The quantitative estimate of drug-likeness (QED) is 0.498. The van der Waals surface area contributed by atoms with Crippen molar-refractivity contribution in [2.45, 2.75) is 39.9 Å². The highest BCUT2D eigenvalue weighted by Gasteiger charge is 2.14. The van der Waals surface area contributed by atoms with Crippen LogP contribution in [0.25, 0.3) is 0 Å². The molecule has 6 N–H and O–H groups in total. The lowest BCUT2D eigenvalue weighted by molar-refractivity contribution is 0.181. The molecule has 5 nitrogen and oxygen atoms in total. The van der Waals surface area contributed by atoms with E-state index in [1.54, 1.807) is 6.07 Å². The van der Waals surface area contributed by atoms with Gasteiger partial charge in [0.05, 0.1) is 29.6 Å². The van der Waals surface area contributed by atoms with E-state index >= 15 is 0 Å². The zero-order chi connectivity index (χ0) is 18.4. The number of rotatable bonds is 3. The molecule has 1 aromatic carbocycles. The first-order valence-corrected chi connectivity index (χ1v) is 7.84. The molecule has 0 unspecified atom stereocenters. The van der Waals surface area contributed by atoms with Crippen molar-refractivity contribution in [3.63, 3.8) is 0 Å². The summed E-state index contributed by atoms with van der Waals surface area (Å²) in [7, 11) is 1.47. The number of methoxy groups -OCH3 is 1. The molecule has 0 aliphatic heterocycles. The summed E-state index contributed by atoms with van der Waals surface area (Å²) in [6.07, 6.45) is -1.52. The van der Waals surface area contributed by atoms with E-state index in [0.717, 1.165) is 0 Å². The van der Waals surface area contributed by atoms with Crippen LogP contribution in [0.5, 0.6) is 5.75 Å². The molecular weight excluding hydrogens is 304 g/mol. The smallest absolute Gasteiger partial charge is 0.160 e. The highest BCUT2D eigenvalue weighted by molar-refractivity contribution is 5.78. The van der Waals surface area contributed by atoms with Crippen LogP contribution in [0.3, 0.4) is 0 Å². The summed E-state index contributed by atoms with van der Waals surface area (Å²) in [5.41, 5.74) is 13.7. The molecule has 24 heavy (non-hydrogen) atoms. The summed E-state index contributed by atoms with van der Waals surface area (Å²) < 4.78 is 5.33. The number of anilines is 2. The summed E-state index contributed by atoms with van der Waals surface area (Å²) in [6.45, 7) is 7.48. The van der Waals surface area contributed by atoms with Crippen molar-refractivity contribution in [3.8, 4) is 29.4 Å². The molecule has 0 amide bonds. The van der Waals surface area contributed by atoms with Crippen LogP contribution >= 0.6 is 0 Å². The monoisotopic (exact) mass is 330 g/mol. The van der Waals surface area contributed by atoms with Crippen molar-refractivity contribution in [2.75, 3.05) is 18.6 Å². The zero-order valence-electron chi connectivity index (χ0n) is 14.8. The topological polar surface area (TPSA) is 102 Å². The molecule has 2 atom stereocenters. The normalized spacial score (nSPS) is 12.9. The van der Waals surface area contributed by atoms with E-state index in [-0.39, 0.29) is 11.8 Å². The molecule has 0 heterocycles. The standard InChI is InChI=1S/C19H26N2O3/c1-11(2)16(22)8-6-13-10-15(20)14(19(24-5)18(13)21)7-9-17(23)12(3)4/h10-12,16-17,22-23H,20-21H2,1-5H3/t16-,17-/m0/s1. The van der Waals surface area contributed by atoms with Gasteiger partial charge in [0.1, 0.15) is 12.2 Å². The number of aliphatic hydroxyl groups is 2. The second-order valence-corrected chi connectivity index (χ2v) is 6.25. The average Bonchev–Trinajstić information content (AvgIpc) is 2.52. The highest BCUT2D eigenvalue weighted by Crippen LogP contribution is 2.33. The predicted molar refractivity (Wildman–Crippen MR) is 97.3 cm³/mol. The Labute approximate surface area is 144 Å².